The van der Waals surface area contributed by atoms with Crippen molar-refractivity contribution < 1.29 is 13.9 Å². The minimum absolute atomic E-state index is 0.176. The van der Waals surface area contributed by atoms with Crippen LogP contribution in [0.5, 0.6) is 0 Å². The van der Waals surface area contributed by atoms with Crippen LogP contribution in [0.1, 0.15) is 12.5 Å². The number of nitriles is 1. The Kier molecular flexibility index (Phi) is 4.22. The van der Waals surface area contributed by atoms with E-state index >= 15 is 0 Å². The number of hydrogen-bond acceptors (Lipinski definition) is 3. The molecule has 0 aliphatic carbocycles. The number of ether oxygens (including phenoxy) is 1. The number of benzene rings is 1. The summed E-state index contributed by atoms with van der Waals surface area (Å²) in [6.07, 6.45) is 1.17. The molecule has 0 N–H and O–H groups in total. The van der Waals surface area contributed by atoms with E-state index in [0.717, 1.165) is 0 Å². The average molecular weight is 219 g/mol. The highest BCUT2D eigenvalue weighted by atomic mass is 19.1. The van der Waals surface area contributed by atoms with Crippen molar-refractivity contribution in [3.05, 3.63) is 41.2 Å². The van der Waals surface area contributed by atoms with Crippen LogP contribution in [0.25, 0.3) is 6.08 Å². The topological polar surface area (TPSA) is 50.1 Å². The lowest BCUT2D eigenvalue weighted by Gasteiger charge is -2.00. The van der Waals surface area contributed by atoms with Crippen LogP contribution in [-0.4, -0.2) is 12.6 Å². The van der Waals surface area contributed by atoms with Gasteiger partial charge in [0.1, 0.15) is 17.5 Å². The Labute approximate surface area is 92.8 Å². The van der Waals surface area contributed by atoms with Crippen molar-refractivity contribution in [3.8, 4) is 6.07 Å². The van der Waals surface area contributed by atoms with Crippen LogP contribution in [0, 0.1) is 17.1 Å². The van der Waals surface area contributed by atoms with Crippen molar-refractivity contribution in [3.63, 3.8) is 0 Å². The van der Waals surface area contributed by atoms with E-state index in [2.05, 4.69) is 4.74 Å². The highest BCUT2D eigenvalue weighted by molar-refractivity contribution is 5.97. The molecule has 1 aromatic rings. The minimum atomic E-state index is -0.742. The molecule has 1 rings (SSSR count). The number of rotatable bonds is 3. The Morgan fingerprint density at radius 3 is 2.81 bits per heavy atom. The van der Waals surface area contributed by atoms with Gasteiger partial charge in [-0.1, -0.05) is 18.2 Å². The smallest absolute Gasteiger partial charge is 0.348 e. The monoisotopic (exact) mass is 219 g/mol. The summed E-state index contributed by atoms with van der Waals surface area (Å²) in [6, 6.07) is 7.57. The predicted octanol–water partition coefficient (Wildman–Crippen LogP) is 2.30. The Hall–Kier alpha value is -2.15. The quantitative estimate of drug-likeness (QED) is 0.445. The summed E-state index contributed by atoms with van der Waals surface area (Å²) in [7, 11) is 0. The zero-order valence-electron chi connectivity index (χ0n) is 8.74. The predicted molar refractivity (Wildman–Crippen MR) is 56.6 cm³/mol. The number of hydrogen-bond donors (Lipinski definition) is 0. The number of carbonyl (C=O) groups excluding carboxylic acids is 1. The third-order valence-electron chi connectivity index (χ3n) is 1.82. The normalized spacial score (nSPS) is 10.7. The van der Waals surface area contributed by atoms with Crippen LogP contribution in [0.15, 0.2) is 29.8 Å². The lowest BCUT2D eigenvalue weighted by Crippen LogP contribution is -2.06. The van der Waals surface area contributed by atoms with Crippen LogP contribution >= 0.6 is 0 Å². The van der Waals surface area contributed by atoms with E-state index in [0.29, 0.717) is 0 Å². The van der Waals surface area contributed by atoms with Gasteiger partial charge in [-0.15, -0.1) is 0 Å². The number of halogens is 1. The average Bonchev–Trinajstić information content (AvgIpc) is 2.28. The summed E-state index contributed by atoms with van der Waals surface area (Å²) >= 11 is 0. The number of esters is 1. The molecule has 0 amide bonds. The van der Waals surface area contributed by atoms with Gasteiger partial charge in [0, 0.05) is 5.56 Å². The van der Waals surface area contributed by atoms with E-state index in [-0.39, 0.29) is 17.7 Å². The van der Waals surface area contributed by atoms with Gasteiger partial charge in [-0.05, 0) is 19.1 Å². The maximum Gasteiger partial charge on any atom is 0.348 e. The number of nitrogens with zero attached hydrogens (tertiary/aromatic N) is 1. The molecule has 0 bridgehead atoms. The third kappa shape index (κ3) is 2.92. The molecule has 0 unspecified atom stereocenters. The molecule has 0 saturated heterocycles. The second-order valence-corrected chi connectivity index (χ2v) is 2.91. The molecule has 0 radical (unpaired) electrons. The maximum absolute atomic E-state index is 13.2. The first-order chi connectivity index (χ1) is 7.69. The van der Waals surface area contributed by atoms with Crippen molar-refractivity contribution in [2.75, 3.05) is 6.61 Å². The molecule has 82 valence electrons. The van der Waals surface area contributed by atoms with Gasteiger partial charge in [0.05, 0.1) is 6.61 Å². The number of carbonyl (C=O) groups is 1. The fraction of sp³-hybridized carbons (Fsp3) is 0.167. The van der Waals surface area contributed by atoms with Crippen molar-refractivity contribution in [1.82, 2.24) is 0 Å². The van der Waals surface area contributed by atoms with E-state index in [4.69, 9.17) is 5.26 Å². The van der Waals surface area contributed by atoms with Gasteiger partial charge in [0.25, 0.3) is 0 Å². The van der Waals surface area contributed by atoms with E-state index in [9.17, 15) is 9.18 Å². The Morgan fingerprint density at radius 2 is 2.25 bits per heavy atom. The Bertz CT molecular complexity index is 460. The zero-order chi connectivity index (χ0) is 12.0. The second kappa shape index (κ2) is 5.66. The van der Waals surface area contributed by atoms with Crippen LogP contribution < -0.4 is 0 Å². The highest BCUT2D eigenvalue weighted by Crippen LogP contribution is 2.11. The Balaban J connectivity index is 3.02. The van der Waals surface area contributed by atoms with Crippen LogP contribution in [0.4, 0.5) is 4.39 Å². The highest BCUT2D eigenvalue weighted by Gasteiger charge is 2.10. The fourth-order valence-electron chi connectivity index (χ4n) is 1.09. The molecular weight excluding hydrogens is 209 g/mol. The first-order valence-electron chi connectivity index (χ1n) is 4.72. The van der Waals surface area contributed by atoms with Crippen LogP contribution in [0.3, 0.4) is 0 Å². The second-order valence-electron chi connectivity index (χ2n) is 2.91. The van der Waals surface area contributed by atoms with Crippen LogP contribution in [-0.2, 0) is 9.53 Å². The first-order valence-corrected chi connectivity index (χ1v) is 4.72. The molecular formula is C12H10FNO2. The van der Waals surface area contributed by atoms with Crippen molar-refractivity contribution >= 4 is 12.0 Å². The summed E-state index contributed by atoms with van der Waals surface area (Å²) in [5, 5.41) is 8.73. The molecule has 0 aliphatic heterocycles. The van der Waals surface area contributed by atoms with Crippen molar-refractivity contribution in [1.29, 1.82) is 5.26 Å². The third-order valence-corrected chi connectivity index (χ3v) is 1.82. The van der Waals surface area contributed by atoms with Crippen molar-refractivity contribution in [2.24, 2.45) is 0 Å². The molecule has 3 nitrogen and oxygen atoms in total. The maximum atomic E-state index is 13.2. The lowest BCUT2D eigenvalue weighted by atomic mass is 10.1. The van der Waals surface area contributed by atoms with Gasteiger partial charge < -0.3 is 4.74 Å². The van der Waals surface area contributed by atoms with E-state index in [1.807, 2.05) is 0 Å². The van der Waals surface area contributed by atoms with Gasteiger partial charge in [-0.2, -0.15) is 5.26 Å². The van der Waals surface area contributed by atoms with Gasteiger partial charge in [-0.3, -0.25) is 0 Å². The van der Waals surface area contributed by atoms with Gasteiger partial charge >= 0.3 is 5.97 Å². The SMILES string of the molecule is CCOC(=O)/C(C#N)=C/c1ccccc1F. The largest absolute Gasteiger partial charge is 0.462 e. The molecule has 1 aromatic carbocycles. The summed E-state index contributed by atoms with van der Waals surface area (Å²) in [5.74, 6) is -1.23. The summed E-state index contributed by atoms with van der Waals surface area (Å²) in [6.45, 7) is 1.81. The zero-order valence-corrected chi connectivity index (χ0v) is 8.74. The Morgan fingerprint density at radius 1 is 1.56 bits per heavy atom. The molecule has 0 spiro atoms. The molecule has 16 heavy (non-hydrogen) atoms. The van der Waals surface area contributed by atoms with Gasteiger partial charge in [0.15, 0.2) is 0 Å². The molecule has 0 aromatic heterocycles. The van der Waals surface area contributed by atoms with Crippen molar-refractivity contribution in [2.45, 2.75) is 6.92 Å². The summed E-state index contributed by atoms with van der Waals surface area (Å²) < 4.78 is 17.9. The lowest BCUT2D eigenvalue weighted by molar-refractivity contribution is -0.137. The fourth-order valence-corrected chi connectivity index (χ4v) is 1.09. The minimum Gasteiger partial charge on any atom is -0.462 e. The van der Waals surface area contributed by atoms with Gasteiger partial charge in [0.2, 0.25) is 0 Å². The van der Waals surface area contributed by atoms with E-state index < -0.39 is 11.8 Å². The van der Waals surface area contributed by atoms with E-state index in [1.54, 1.807) is 19.1 Å². The van der Waals surface area contributed by atoms with Gasteiger partial charge in [-0.25, -0.2) is 9.18 Å². The molecule has 0 saturated carbocycles. The first kappa shape index (κ1) is 11.9. The van der Waals surface area contributed by atoms with Crippen LogP contribution in [0.2, 0.25) is 0 Å². The molecule has 0 atom stereocenters. The standard InChI is InChI=1S/C12H10FNO2/c1-2-16-12(15)10(8-14)7-9-5-3-4-6-11(9)13/h3-7H,2H2,1H3/b10-7+. The summed E-state index contributed by atoms with van der Waals surface area (Å²) in [5.41, 5.74) is -0.0287. The molecule has 4 heteroatoms. The summed E-state index contributed by atoms with van der Waals surface area (Å²) in [4.78, 5) is 11.3. The molecule has 0 heterocycles. The van der Waals surface area contributed by atoms with E-state index in [1.165, 1.54) is 24.3 Å². The molecule has 0 aliphatic rings. The molecule has 0 fully saturated rings.